The van der Waals surface area contributed by atoms with Gasteiger partial charge in [-0.15, -0.1) is 0 Å². The fourth-order valence-electron chi connectivity index (χ4n) is 2.70. The van der Waals surface area contributed by atoms with E-state index in [9.17, 15) is 0 Å². The molecule has 1 aromatic carbocycles. The van der Waals surface area contributed by atoms with Gasteiger partial charge in [-0.05, 0) is 44.4 Å². The minimum Gasteiger partial charge on any atom is -0.324 e. The standard InChI is InChI=1S/C17H25N3/c1-5-14-10-15(20(6-2)19-14)11-17(18)16-8-7-12(3)9-13(16)4/h7-10,17H,5-6,11,18H2,1-4H3. The number of hydrogen-bond acceptors (Lipinski definition) is 2. The second-order valence-electron chi connectivity index (χ2n) is 5.47. The number of aromatic nitrogens is 2. The van der Waals surface area contributed by atoms with Gasteiger partial charge >= 0.3 is 0 Å². The first kappa shape index (κ1) is 14.8. The Morgan fingerprint density at radius 1 is 1.20 bits per heavy atom. The largest absolute Gasteiger partial charge is 0.324 e. The molecule has 1 heterocycles. The lowest BCUT2D eigenvalue weighted by molar-refractivity contribution is 0.584. The van der Waals surface area contributed by atoms with E-state index < -0.39 is 0 Å². The summed E-state index contributed by atoms with van der Waals surface area (Å²) in [5.41, 5.74) is 12.6. The summed E-state index contributed by atoms with van der Waals surface area (Å²) in [5.74, 6) is 0. The fourth-order valence-corrected chi connectivity index (χ4v) is 2.70. The summed E-state index contributed by atoms with van der Waals surface area (Å²) >= 11 is 0. The first-order valence-electron chi connectivity index (χ1n) is 7.43. The molecule has 2 N–H and O–H groups in total. The third-order valence-electron chi connectivity index (χ3n) is 3.83. The van der Waals surface area contributed by atoms with E-state index in [2.05, 4.69) is 61.7 Å². The molecule has 20 heavy (non-hydrogen) atoms. The molecular formula is C17H25N3. The van der Waals surface area contributed by atoms with Crippen molar-refractivity contribution < 1.29 is 0 Å². The van der Waals surface area contributed by atoms with Gasteiger partial charge in [0, 0.05) is 24.7 Å². The molecule has 108 valence electrons. The average molecular weight is 271 g/mol. The van der Waals surface area contributed by atoms with Crippen LogP contribution >= 0.6 is 0 Å². The Hall–Kier alpha value is -1.61. The molecule has 0 bridgehead atoms. The molecule has 3 heteroatoms. The van der Waals surface area contributed by atoms with Crippen molar-refractivity contribution in [2.45, 2.75) is 53.1 Å². The summed E-state index contributed by atoms with van der Waals surface area (Å²) in [6.07, 6.45) is 1.81. The zero-order valence-electron chi connectivity index (χ0n) is 13.0. The summed E-state index contributed by atoms with van der Waals surface area (Å²) in [7, 11) is 0. The molecule has 3 nitrogen and oxygen atoms in total. The summed E-state index contributed by atoms with van der Waals surface area (Å²) < 4.78 is 2.07. The van der Waals surface area contributed by atoms with E-state index in [-0.39, 0.29) is 6.04 Å². The highest BCUT2D eigenvalue weighted by molar-refractivity contribution is 5.33. The molecule has 2 aromatic rings. The molecule has 0 radical (unpaired) electrons. The topological polar surface area (TPSA) is 43.8 Å². The molecular weight excluding hydrogens is 246 g/mol. The van der Waals surface area contributed by atoms with Gasteiger partial charge in [-0.2, -0.15) is 5.10 Å². The van der Waals surface area contributed by atoms with Crippen LogP contribution in [0.1, 0.15) is 48.0 Å². The Kier molecular flexibility index (Phi) is 4.61. The molecule has 0 aliphatic rings. The Bertz CT molecular complexity index is 584. The number of nitrogens with two attached hydrogens (primary N) is 1. The van der Waals surface area contributed by atoms with Crippen molar-refractivity contribution >= 4 is 0 Å². The van der Waals surface area contributed by atoms with Crippen LogP contribution in [0.15, 0.2) is 24.3 Å². The Labute approximate surface area is 121 Å². The minimum absolute atomic E-state index is 0.0299. The van der Waals surface area contributed by atoms with E-state index in [1.54, 1.807) is 0 Å². The van der Waals surface area contributed by atoms with Gasteiger partial charge in [0.15, 0.2) is 0 Å². The molecule has 0 aliphatic carbocycles. The van der Waals surface area contributed by atoms with Crippen LogP contribution in [0.3, 0.4) is 0 Å². The third-order valence-corrected chi connectivity index (χ3v) is 3.83. The number of rotatable bonds is 5. The molecule has 0 amide bonds. The van der Waals surface area contributed by atoms with Crippen molar-refractivity contribution in [2.75, 3.05) is 0 Å². The van der Waals surface area contributed by atoms with E-state index in [1.165, 1.54) is 22.4 Å². The van der Waals surface area contributed by atoms with Crippen molar-refractivity contribution in [1.29, 1.82) is 0 Å². The predicted octanol–water partition coefficient (Wildman–Crippen LogP) is 3.32. The molecule has 2 rings (SSSR count). The molecule has 0 saturated heterocycles. The van der Waals surface area contributed by atoms with Gasteiger partial charge in [-0.3, -0.25) is 4.68 Å². The van der Waals surface area contributed by atoms with E-state index >= 15 is 0 Å². The fraction of sp³-hybridized carbons (Fsp3) is 0.471. The van der Waals surface area contributed by atoms with Crippen LogP contribution in [0.4, 0.5) is 0 Å². The molecule has 1 atom stereocenters. The van der Waals surface area contributed by atoms with Gasteiger partial charge in [0.2, 0.25) is 0 Å². The second kappa shape index (κ2) is 6.23. The summed E-state index contributed by atoms with van der Waals surface area (Å²) in [6.45, 7) is 9.41. The minimum atomic E-state index is 0.0299. The lowest BCUT2D eigenvalue weighted by atomic mass is 9.96. The molecule has 0 spiro atoms. The Morgan fingerprint density at radius 3 is 2.55 bits per heavy atom. The lowest BCUT2D eigenvalue weighted by Gasteiger charge is -2.16. The zero-order chi connectivity index (χ0) is 14.7. The highest BCUT2D eigenvalue weighted by atomic mass is 15.3. The first-order chi connectivity index (χ1) is 9.55. The second-order valence-corrected chi connectivity index (χ2v) is 5.47. The van der Waals surface area contributed by atoms with Gasteiger partial charge in [0.25, 0.3) is 0 Å². The zero-order valence-corrected chi connectivity index (χ0v) is 13.0. The third kappa shape index (κ3) is 3.10. The molecule has 0 saturated carbocycles. The number of benzene rings is 1. The maximum atomic E-state index is 6.41. The molecule has 0 aliphatic heterocycles. The highest BCUT2D eigenvalue weighted by Gasteiger charge is 2.14. The summed E-state index contributed by atoms with van der Waals surface area (Å²) in [5, 5.41) is 4.59. The van der Waals surface area contributed by atoms with E-state index in [0.717, 1.165) is 25.1 Å². The van der Waals surface area contributed by atoms with Crippen molar-refractivity contribution in [1.82, 2.24) is 9.78 Å². The normalized spacial score (nSPS) is 12.7. The van der Waals surface area contributed by atoms with Gasteiger partial charge in [0.05, 0.1) is 5.69 Å². The summed E-state index contributed by atoms with van der Waals surface area (Å²) in [6, 6.07) is 8.71. The van der Waals surface area contributed by atoms with Gasteiger partial charge in [-0.1, -0.05) is 30.7 Å². The number of nitrogens with zero attached hydrogens (tertiary/aromatic N) is 2. The van der Waals surface area contributed by atoms with Gasteiger partial charge in [-0.25, -0.2) is 0 Å². The average Bonchev–Trinajstić information content (AvgIpc) is 2.80. The quantitative estimate of drug-likeness (QED) is 0.906. The SMILES string of the molecule is CCc1cc(CC(N)c2ccc(C)cc2C)n(CC)n1. The predicted molar refractivity (Wildman–Crippen MR) is 83.8 cm³/mol. The Balaban J connectivity index is 2.22. The van der Waals surface area contributed by atoms with Crippen LogP contribution in [0.25, 0.3) is 0 Å². The number of aryl methyl sites for hydroxylation is 4. The lowest BCUT2D eigenvalue weighted by Crippen LogP contribution is -2.17. The maximum Gasteiger partial charge on any atom is 0.0624 e. The Morgan fingerprint density at radius 2 is 1.95 bits per heavy atom. The molecule has 1 aromatic heterocycles. The van der Waals surface area contributed by atoms with Crippen LogP contribution < -0.4 is 5.73 Å². The summed E-state index contributed by atoms with van der Waals surface area (Å²) in [4.78, 5) is 0. The van der Waals surface area contributed by atoms with Crippen molar-refractivity contribution in [3.05, 3.63) is 52.3 Å². The van der Waals surface area contributed by atoms with E-state index in [4.69, 9.17) is 5.73 Å². The van der Waals surface area contributed by atoms with Crippen LogP contribution in [0.2, 0.25) is 0 Å². The molecule has 0 fully saturated rings. The van der Waals surface area contributed by atoms with Crippen LogP contribution in [-0.4, -0.2) is 9.78 Å². The van der Waals surface area contributed by atoms with Crippen LogP contribution in [0.5, 0.6) is 0 Å². The van der Waals surface area contributed by atoms with Crippen molar-refractivity contribution in [3.63, 3.8) is 0 Å². The van der Waals surface area contributed by atoms with Crippen molar-refractivity contribution in [2.24, 2.45) is 5.73 Å². The van der Waals surface area contributed by atoms with E-state index in [0.29, 0.717) is 0 Å². The highest BCUT2D eigenvalue weighted by Crippen LogP contribution is 2.21. The van der Waals surface area contributed by atoms with Gasteiger partial charge < -0.3 is 5.73 Å². The first-order valence-corrected chi connectivity index (χ1v) is 7.43. The van der Waals surface area contributed by atoms with Gasteiger partial charge in [0.1, 0.15) is 0 Å². The smallest absolute Gasteiger partial charge is 0.0624 e. The molecule has 1 unspecified atom stereocenters. The monoisotopic (exact) mass is 271 g/mol. The van der Waals surface area contributed by atoms with Crippen molar-refractivity contribution in [3.8, 4) is 0 Å². The van der Waals surface area contributed by atoms with Crippen LogP contribution in [0, 0.1) is 13.8 Å². The number of hydrogen-bond donors (Lipinski definition) is 1. The maximum absolute atomic E-state index is 6.41. The van der Waals surface area contributed by atoms with Crippen LogP contribution in [-0.2, 0) is 19.4 Å². The van der Waals surface area contributed by atoms with E-state index in [1.807, 2.05) is 0 Å².